The van der Waals surface area contributed by atoms with Gasteiger partial charge in [0.1, 0.15) is 0 Å². The smallest absolute Gasteiger partial charge is 0.237 e. The average molecular weight is 214 g/mol. The van der Waals surface area contributed by atoms with Gasteiger partial charge in [-0.2, -0.15) is 0 Å². The second kappa shape index (κ2) is 5.47. The van der Waals surface area contributed by atoms with Gasteiger partial charge in [-0.1, -0.05) is 13.8 Å². The highest BCUT2D eigenvalue weighted by atomic mass is 16.5. The van der Waals surface area contributed by atoms with Gasteiger partial charge in [-0.25, -0.2) is 0 Å². The summed E-state index contributed by atoms with van der Waals surface area (Å²) in [5, 5.41) is 2.97. The fourth-order valence-corrected chi connectivity index (χ4v) is 1.56. The van der Waals surface area contributed by atoms with Crippen LogP contribution in [0.2, 0.25) is 0 Å². The summed E-state index contributed by atoms with van der Waals surface area (Å²) in [4.78, 5) is 11.7. The minimum absolute atomic E-state index is 0.0565. The number of nitrogens with two attached hydrogens (primary N) is 1. The normalized spacial score (nSPS) is 20.1. The van der Waals surface area contributed by atoms with Crippen LogP contribution >= 0.6 is 0 Å². The lowest BCUT2D eigenvalue weighted by atomic mass is 10.0. The number of rotatable bonds is 6. The molecule has 0 aromatic heterocycles. The monoisotopic (exact) mass is 214 g/mol. The molecule has 0 aromatic carbocycles. The maximum atomic E-state index is 11.7. The molecule has 1 aliphatic rings. The maximum Gasteiger partial charge on any atom is 0.237 e. The van der Waals surface area contributed by atoms with Crippen molar-refractivity contribution in [2.24, 2.45) is 17.6 Å². The Kier molecular flexibility index (Phi) is 4.54. The van der Waals surface area contributed by atoms with Crippen LogP contribution in [0.4, 0.5) is 0 Å². The van der Waals surface area contributed by atoms with Crippen molar-refractivity contribution in [3.05, 3.63) is 0 Å². The number of carbonyl (C=O) groups is 1. The summed E-state index contributed by atoms with van der Waals surface area (Å²) >= 11 is 0. The molecule has 1 fully saturated rings. The van der Waals surface area contributed by atoms with Crippen molar-refractivity contribution in [2.45, 2.75) is 38.8 Å². The van der Waals surface area contributed by atoms with E-state index in [1.807, 2.05) is 13.8 Å². The molecular weight excluding hydrogens is 192 g/mol. The molecule has 88 valence electrons. The third-order valence-electron chi connectivity index (χ3n) is 2.89. The van der Waals surface area contributed by atoms with Crippen LogP contribution in [0.25, 0.3) is 0 Å². The van der Waals surface area contributed by atoms with Crippen molar-refractivity contribution in [1.29, 1.82) is 0 Å². The van der Waals surface area contributed by atoms with Crippen LogP contribution in [0, 0.1) is 11.8 Å². The molecule has 0 heterocycles. The van der Waals surface area contributed by atoms with E-state index < -0.39 is 6.04 Å². The van der Waals surface area contributed by atoms with Gasteiger partial charge in [0.15, 0.2) is 0 Å². The number of hydrogen-bond acceptors (Lipinski definition) is 3. The Balaban J connectivity index is 2.39. The van der Waals surface area contributed by atoms with E-state index in [0.717, 1.165) is 0 Å². The molecule has 0 radical (unpaired) electrons. The molecule has 15 heavy (non-hydrogen) atoms. The summed E-state index contributed by atoms with van der Waals surface area (Å²) in [5.41, 5.74) is 5.77. The van der Waals surface area contributed by atoms with E-state index in [9.17, 15) is 4.79 Å². The highest BCUT2D eigenvalue weighted by Crippen LogP contribution is 2.32. The molecule has 1 saturated carbocycles. The number of hydrogen-bond donors (Lipinski definition) is 2. The largest absolute Gasteiger partial charge is 0.383 e. The minimum atomic E-state index is -0.414. The molecule has 4 heteroatoms. The molecule has 0 spiro atoms. The molecule has 1 aliphatic carbocycles. The molecular formula is C11H22N2O2. The zero-order valence-electron chi connectivity index (χ0n) is 9.82. The quantitative estimate of drug-likeness (QED) is 0.677. The minimum Gasteiger partial charge on any atom is -0.383 e. The number of nitrogens with one attached hydrogen (secondary N) is 1. The highest BCUT2D eigenvalue weighted by molar-refractivity contribution is 5.82. The molecule has 1 rings (SSSR count). The molecule has 2 atom stereocenters. The van der Waals surface area contributed by atoms with Crippen molar-refractivity contribution in [2.75, 3.05) is 13.7 Å². The first-order valence-corrected chi connectivity index (χ1v) is 5.61. The lowest BCUT2D eigenvalue weighted by Crippen LogP contribution is -2.49. The summed E-state index contributed by atoms with van der Waals surface area (Å²) in [5.74, 6) is 0.708. The van der Waals surface area contributed by atoms with Crippen molar-refractivity contribution in [3.63, 3.8) is 0 Å². The van der Waals surface area contributed by atoms with Gasteiger partial charge in [-0.05, 0) is 24.7 Å². The molecule has 0 bridgehead atoms. The van der Waals surface area contributed by atoms with Crippen LogP contribution in [0.5, 0.6) is 0 Å². The van der Waals surface area contributed by atoms with Crippen molar-refractivity contribution in [1.82, 2.24) is 5.32 Å². The predicted molar refractivity (Wildman–Crippen MR) is 59.3 cm³/mol. The van der Waals surface area contributed by atoms with Gasteiger partial charge in [0, 0.05) is 7.11 Å². The van der Waals surface area contributed by atoms with E-state index in [4.69, 9.17) is 10.5 Å². The first-order chi connectivity index (χ1) is 7.06. The third kappa shape index (κ3) is 3.80. The van der Waals surface area contributed by atoms with Crippen LogP contribution < -0.4 is 11.1 Å². The SMILES string of the molecule is COCC(NC(=O)[C@@H](N)C(C)C)C1CC1. The highest BCUT2D eigenvalue weighted by Gasteiger charge is 2.33. The van der Waals surface area contributed by atoms with E-state index in [2.05, 4.69) is 5.32 Å². The fraction of sp³-hybridized carbons (Fsp3) is 0.909. The van der Waals surface area contributed by atoms with Crippen molar-refractivity contribution >= 4 is 5.91 Å². The van der Waals surface area contributed by atoms with Crippen molar-refractivity contribution in [3.8, 4) is 0 Å². The van der Waals surface area contributed by atoms with E-state index in [-0.39, 0.29) is 17.9 Å². The molecule has 0 saturated heterocycles. The van der Waals surface area contributed by atoms with E-state index in [1.165, 1.54) is 12.8 Å². The van der Waals surface area contributed by atoms with Gasteiger partial charge in [-0.15, -0.1) is 0 Å². The maximum absolute atomic E-state index is 11.7. The average Bonchev–Trinajstić information content (AvgIpc) is 2.98. The van der Waals surface area contributed by atoms with Crippen LogP contribution in [-0.2, 0) is 9.53 Å². The third-order valence-corrected chi connectivity index (χ3v) is 2.89. The number of amides is 1. The van der Waals surface area contributed by atoms with Crippen LogP contribution in [0.1, 0.15) is 26.7 Å². The van der Waals surface area contributed by atoms with E-state index >= 15 is 0 Å². The zero-order chi connectivity index (χ0) is 11.4. The van der Waals surface area contributed by atoms with Gasteiger partial charge >= 0.3 is 0 Å². The van der Waals surface area contributed by atoms with E-state index in [1.54, 1.807) is 7.11 Å². The molecule has 4 nitrogen and oxygen atoms in total. The number of ether oxygens (including phenoxy) is 1. The Labute approximate surface area is 91.5 Å². The molecule has 1 unspecified atom stereocenters. The Morgan fingerprint density at radius 3 is 2.53 bits per heavy atom. The summed E-state index contributed by atoms with van der Waals surface area (Å²) in [6, 6.07) is -0.268. The van der Waals surface area contributed by atoms with E-state index in [0.29, 0.717) is 12.5 Å². The summed E-state index contributed by atoms with van der Waals surface area (Å²) in [6.45, 7) is 4.49. The van der Waals surface area contributed by atoms with Gasteiger partial charge < -0.3 is 15.8 Å². The Morgan fingerprint density at radius 1 is 1.53 bits per heavy atom. The fourth-order valence-electron chi connectivity index (χ4n) is 1.56. The second-order valence-electron chi connectivity index (χ2n) is 4.68. The van der Waals surface area contributed by atoms with Crippen LogP contribution in [-0.4, -0.2) is 31.7 Å². The summed E-state index contributed by atoms with van der Waals surface area (Å²) in [7, 11) is 1.66. The molecule has 0 aromatic rings. The van der Waals surface area contributed by atoms with Crippen LogP contribution in [0.3, 0.4) is 0 Å². The number of methoxy groups -OCH3 is 1. The molecule has 0 aliphatic heterocycles. The summed E-state index contributed by atoms with van der Waals surface area (Å²) < 4.78 is 5.09. The first kappa shape index (κ1) is 12.5. The van der Waals surface area contributed by atoms with Gasteiger partial charge in [0.25, 0.3) is 0 Å². The lowest BCUT2D eigenvalue weighted by molar-refractivity contribution is -0.124. The molecule has 1 amide bonds. The van der Waals surface area contributed by atoms with Gasteiger partial charge in [0.05, 0.1) is 18.7 Å². The Hall–Kier alpha value is -0.610. The zero-order valence-corrected chi connectivity index (χ0v) is 9.82. The predicted octanol–water partition coefficient (Wildman–Crippen LogP) is 0.511. The standard InChI is InChI=1S/C11H22N2O2/c1-7(2)10(12)11(14)13-9(6-15-3)8-4-5-8/h7-10H,4-6,12H2,1-3H3,(H,13,14)/t9?,10-/m0/s1. The topological polar surface area (TPSA) is 64.3 Å². The summed E-state index contributed by atoms with van der Waals surface area (Å²) in [6.07, 6.45) is 2.37. The lowest BCUT2D eigenvalue weighted by Gasteiger charge is -2.21. The van der Waals surface area contributed by atoms with Crippen LogP contribution in [0.15, 0.2) is 0 Å². The Morgan fingerprint density at radius 2 is 2.13 bits per heavy atom. The Bertz CT molecular complexity index is 215. The molecule has 3 N–H and O–H groups in total. The van der Waals surface area contributed by atoms with Crippen molar-refractivity contribution < 1.29 is 9.53 Å². The van der Waals surface area contributed by atoms with Gasteiger partial charge in [-0.3, -0.25) is 4.79 Å². The first-order valence-electron chi connectivity index (χ1n) is 5.61. The second-order valence-corrected chi connectivity index (χ2v) is 4.68. The number of carbonyl (C=O) groups excluding carboxylic acids is 1. The van der Waals surface area contributed by atoms with Gasteiger partial charge in [0.2, 0.25) is 5.91 Å².